The van der Waals surface area contributed by atoms with Crippen LogP contribution in [0, 0.1) is 19.8 Å². The Kier molecular flexibility index (Phi) is 4.00. The van der Waals surface area contributed by atoms with Gasteiger partial charge in [-0.3, -0.25) is 0 Å². The molecule has 2 fully saturated rings. The van der Waals surface area contributed by atoms with Gasteiger partial charge in [0.15, 0.2) is 0 Å². The summed E-state index contributed by atoms with van der Waals surface area (Å²) in [4.78, 5) is 2.69. The third kappa shape index (κ3) is 2.83. The number of nitrogens with one attached hydrogen (secondary N) is 1. The first-order chi connectivity index (χ1) is 10.0. The van der Waals surface area contributed by atoms with E-state index in [1.807, 2.05) is 0 Å². The molecule has 1 aromatic carbocycles. The Bertz CT molecular complexity index is 500. The molecule has 0 radical (unpaired) electrons. The Balaban J connectivity index is 1.91. The second-order valence-corrected chi connectivity index (χ2v) is 7.58. The van der Waals surface area contributed by atoms with E-state index in [4.69, 9.17) is 0 Å². The number of piperazine rings is 1. The highest BCUT2D eigenvalue weighted by atomic mass is 15.3. The predicted molar refractivity (Wildman–Crippen MR) is 91.1 cm³/mol. The van der Waals surface area contributed by atoms with E-state index >= 15 is 0 Å². The molecule has 1 atom stereocenters. The Morgan fingerprint density at radius 1 is 1.14 bits per heavy atom. The fourth-order valence-electron chi connectivity index (χ4n) is 4.10. The van der Waals surface area contributed by atoms with E-state index in [1.165, 1.54) is 49.0 Å². The van der Waals surface area contributed by atoms with Crippen molar-refractivity contribution >= 4 is 5.69 Å². The molecule has 1 heterocycles. The molecule has 1 saturated heterocycles. The largest absolute Gasteiger partial charge is 0.365 e. The molecule has 1 aromatic rings. The van der Waals surface area contributed by atoms with E-state index in [0.717, 1.165) is 6.54 Å². The van der Waals surface area contributed by atoms with Gasteiger partial charge in [0.1, 0.15) is 0 Å². The predicted octanol–water partition coefficient (Wildman–Crippen LogP) is 4.05. The van der Waals surface area contributed by atoms with Crippen LogP contribution in [-0.2, 0) is 0 Å². The minimum Gasteiger partial charge on any atom is -0.365 e. The van der Waals surface area contributed by atoms with Gasteiger partial charge in [-0.25, -0.2) is 0 Å². The maximum Gasteiger partial charge on any atom is 0.0438 e. The summed E-state index contributed by atoms with van der Waals surface area (Å²) in [5.41, 5.74) is 4.61. The standard InChI is InChI=1S/C19H30N2/c1-14(2)18-12-20-19(9-5-6-10-19)13-21(18)17-8-7-15(3)16(4)11-17/h7-8,11,14,18,20H,5-6,9-10,12-13H2,1-4H3. The van der Waals surface area contributed by atoms with Crippen LogP contribution in [0.15, 0.2) is 18.2 Å². The maximum atomic E-state index is 3.91. The number of benzene rings is 1. The van der Waals surface area contributed by atoms with Crippen molar-refractivity contribution in [2.45, 2.75) is 65.0 Å². The molecule has 2 aliphatic rings. The lowest BCUT2D eigenvalue weighted by Crippen LogP contribution is -2.64. The quantitative estimate of drug-likeness (QED) is 0.882. The van der Waals surface area contributed by atoms with Crippen molar-refractivity contribution in [1.82, 2.24) is 5.32 Å². The summed E-state index contributed by atoms with van der Waals surface area (Å²) < 4.78 is 0. The van der Waals surface area contributed by atoms with Gasteiger partial charge in [-0.15, -0.1) is 0 Å². The molecule has 116 valence electrons. The molecule has 1 unspecified atom stereocenters. The monoisotopic (exact) mass is 286 g/mol. The lowest BCUT2D eigenvalue weighted by atomic mass is 9.88. The van der Waals surface area contributed by atoms with Crippen LogP contribution in [0.4, 0.5) is 5.69 Å². The smallest absolute Gasteiger partial charge is 0.0438 e. The number of rotatable bonds is 2. The molecule has 0 bridgehead atoms. The third-order valence-electron chi connectivity index (χ3n) is 5.71. The second-order valence-electron chi connectivity index (χ2n) is 7.58. The molecule has 1 spiro atoms. The lowest BCUT2D eigenvalue weighted by Gasteiger charge is -2.49. The third-order valence-corrected chi connectivity index (χ3v) is 5.71. The van der Waals surface area contributed by atoms with Gasteiger partial charge < -0.3 is 10.2 Å². The second kappa shape index (κ2) is 5.64. The normalized spacial score (nSPS) is 25.0. The van der Waals surface area contributed by atoms with Gasteiger partial charge in [0.05, 0.1) is 0 Å². The highest BCUT2D eigenvalue weighted by molar-refractivity contribution is 5.52. The zero-order valence-electron chi connectivity index (χ0n) is 14.1. The van der Waals surface area contributed by atoms with Crippen LogP contribution < -0.4 is 10.2 Å². The van der Waals surface area contributed by atoms with Crippen LogP contribution in [-0.4, -0.2) is 24.7 Å². The van der Waals surface area contributed by atoms with E-state index in [-0.39, 0.29) is 0 Å². The number of hydrogen-bond donors (Lipinski definition) is 1. The van der Waals surface area contributed by atoms with Crippen LogP contribution in [0.3, 0.4) is 0 Å². The summed E-state index contributed by atoms with van der Waals surface area (Å²) in [7, 11) is 0. The van der Waals surface area contributed by atoms with Crippen LogP contribution in [0.25, 0.3) is 0 Å². The Morgan fingerprint density at radius 3 is 2.48 bits per heavy atom. The number of anilines is 1. The SMILES string of the molecule is Cc1ccc(N2CC3(CCCC3)NCC2C(C)C)cc1C. The fourth-order valence-corrected chi connectivity index (χ4v) is 4.10. The van der Waals surface area contributed by atoms with Crippen molar-refractivity contribution in [3.8, 4) is 0 Å². The number of nitrogens with zero attached hydrogens (tertiary/aromatic N) is 1. The first-order valence-corrected chi connectivity index (χ1v) is 8.60. The minimum atomic E-state index is 0.379. The van der Waals surface area contributed by atoms with Gasteiger partial charge in [0.2, 0.25) is 0 Å². The van der Waals surface area contributed by atoms with Crippen molar-refractivity contribution in [2.24, 2.45) is 5.92 Å². The van der Waals surface area contributed by atoms with Crippen molar-refractivity contribution in [2.75, 3.05) is 18.0 Å². The summed E-state index contributed by atoms with van der Waals surface area (Å²) in [5, 5.41) is 3.91. The van der Waals surface area contributed by atoms with E-state index in [2.05, 4.69) is 56.1 Å². The molecule has 1 N–H and O–H groups in total. The van der Waals surface area contributed by atoms with Crippen LogP contribution in [0.5, 0.6) is 0 Å². The van der Waals surface area contributed by atoms with Crippen molar-refractivity contribution < 1.29 is 0 Å². The van der Waals surface area contributed by atoms with Gasteiger partial charge in [-0.1, -0.05) is 32.8 Å². The minimum absolute atomic E-state index is 0.379. The van der Waals surface area contributed by atoms with Gasteiger partial charge >= 0.3 is 0 Å². The molecule has 21 heavy (non-hydrogen) atoms. The summed E-state index contributed by atoms with van der Waals surface area (Å²) in [5.74, 6) is 0.679. The number of aryl methyl sites for hydroxylation is 2. The molecule has 0 aromatic heterocycles. The average Bonchev–Trinajstić information content (AvgIpc) is 2.89. The summed E-state index contributed by atoms with van der Waals surface area (Å²) >= 11 is 0. The molecule has 3 rings (SSSR count). The molecule has 2 nitrogen and oxygen atoms in total. The zero-order chi connectivity index (χ0) is 15.0. The molecule has 1 aliphatic carbocycles. The van der Waals surface area contributed by atoms with E-state index in [0.29, 0.717) is 17.5 Å². The van der Waals surface area contributed by atoms with E-state index in [9.17, 15) is 0 Å². The maximum absolute atomic E-state index is 3.91. The van der Waals surface area contributed by atoms with E-state index < -0.39 is 0 Å². The molecular formula is C19H30N2. The molecule has 1 saturated carbocycles. The van der Waals surface area contributed by atoms with Crippen molar-refractivity contribution in [1.29, 1.82) is 0 Å². The molecule has 2 heteroatoms. The summed E-state index contributed by atoms with van der Waals surface area (Å²) in [6, 6.07) is 7.61. The van der Waals surface area contributed by atoms with Crippen LogP contribution >= 0.6 is 0 Å². The van der Waals surface area contributed by atoms with Gasteiger partial charge in [-0.05, 0) is 55.9 Å². The van der Waals surface area contributed by atoms with Gasteiger partial charge in [0, 0.05) is 30.4 Å². The average molecular weight is 286 g/mol. The van der Waals surface area contributed by atoms with Gasteiger partial charge in [0.25, 0.3) is 0 Å². The Hall–Kier alpha value is -1.02. The zero-order valence-corrected chi connectivity index (χ0v) is 14.1. The molecule has 1 aliphatic heterocycles. The lowest BCUT2D eigenvalue weighted by molar-refractivity contribution is 0.245. The van der Waals surface area contributed by atoms with Crippen molar-refractivity contribution in [3.63, 3.8) is 0 Å². The summed E-state index contributed by atoms with van der Waals surface area (Å²) in [6.07, 6.45) is 5.47. The first-order valence-electron chi connectivity index (χ1n) is 8.60. The summed E-state index contributed by atoms with van der Waals surface area (Å²) in [6.45, 7) is 11.5. The highest BCUT2D eigenvalue weighted by Crippen LogP contribution is 2.36. The van der Waals surface area contributed by atoms with Gasteiger partial charge in [-0.2, -0.15) is 0 Å². The fraction of sp³-hybridized carbons (Fsp3) is 0.684. The molecular weight excluding hydrogens is 256 g/mol. The number of hydrogen-bond acceptors (Lipinski definition) is 2. The first kappa shape index (κ1) is 14.9. The highest BCUT2D eigenvalue weighted by Gasteiger charge is 2.41. The van der Waals surface area contributed by atoms with E-state index in [1.54, 1.807) is 0 Å². The van der Waals surface area contributed by atoms with Crippen LogP contribution in [0.1, 0.15) is 50.7 Å². The topological polar surface area (TPSA) is 15.3 Å². The Labute approximate surface area is 129 Å². The Morgan fingerprint density at radius 2 is 1.86 bits per heavy atom. The molecule has 0 amide bonds. The van der Waals surface area contributed by atoms with Crippen molar-refractivity contribution in [3.05, 3.63) is 29.3 Å². The van der Waals surface area contributed by atoms with Crippen LogP contribution in [0.2, 0.25) is 0 Å².